The second-order valence-corrected chi connectivity index (χ2v) is 3.45. The lowest BCUT2D eigenvalue weighted by molar-refractivity contribution is 1.08. The maximum Gasteiger partial charge on any atom is 0.0439 e. The minimum absolute atomic E-state index is 0.479. The molecule has 76 valence electrons. The molecule has 0 aliphatic heterocycles. The highest BCUT2D eigenvalue weighted by molar-refractivity contribution is 5.78. The van der Waals surface area contributed by atoms with E-state index in [0.717, 1.165) is 22.4 Å². The van der Waals surface area contributed by atoms with Crippen molar-refractivity contribution in [3.05, 3.63) is 54.1 Å². The van der Waals surface area contributed by atoms with Crippen LogP contribution in [0.3, 0.4) is 0 Å². The lowest BCUT2D eigenvalue weighted by atomic mass is 10.0. The molecular weight excluding hydrogens is 184 g/mol. The Bertz CT molecular complexity index is 449. The van der Waals surface area contributed by atoms with Gasteiger partial charge in [0.2, 0.25) is 0 Å². The summed E-state index contributed by atoms with van der Waals surface area (Å²) in [4.78, 5) is 0. The van der Waals surface area contributed by atoms with Gasteiger partial charge in [0.15, 0.2) is 0 Å². The average molecular weight is 198 g/mol. The van der Waals surface area contributed by atoms with Crippen LogP contribution >= 0.6 is 0 Å². The number of hydrogen-bond donors (Lipinski definition) is 2. The molecule has 0 radical (unpaired) electrons. The fraction of sp³-hybridized carbons (Fsp3) is 0.0769. The molecule has 2 rings (SSSR count). The number of para-hydroxylation sites is 1. The molecular formula is C13H14N2. The van der Waals surface area contributed by atoms with Crippen molar-refractivity contribution in [1.82, 2.24) is 0 Å². The predicted octanol–water partition coefficient (Wildman–Crippen LogP) is 2.39. The van der Waals surface area contributed by atoms with E-state index in [2.05, 4.69) is 0 Å². The van der Waals surface area contributed by atoms with Crippen LogP contribution in [0.25, 0.3) is 11.1 Å². The molecule has 0 heterocycles. The summed E-state index contributed by atoms with van der Waals surface area (Å²) in [7, 11) is 0. The SMILES string of the molecule is NCc1cccc(-c2ccccc2)c1N. The summed E-state index contributed by atoms with van der Waals surface area (Å²) in [6, 6.07) is 16.1. The van der Waals surface area contributed by atoms with E-state index in [-0.39, 0.29) is 0 Å². The van der Waals surface area contributed by atoms with Gasteiger partial charge in [-0.2, -0.15) is 0 Å². The molecule has 2 heteroatoms. The van der Waals surface area contributed by atoms with Crippen molar-refractivity contribution in [3.8, 4) is 11.1 Å². The lowest BCUT2D eigenvalue weighted by Gasteiger charge is -2.09. The highest BCUT2D eigenvalue weighted by atomic mass is 14.6. The molecule has 2 aromatic carbocycles. The van der Waals surface area contributed by atoms with Crippen molar-refractivity contribution in [2.45, 2.75) is 6.54 Å². The van der Waals surface area contributed by atoms with Gasteiger partial charge in [0.25, 0.3) is 0 Å². The van der Waals surface area contributed by atoms with Crippen molar-refractivity contribution in [3.63, 3.8) is 0 Å². The van der Waals surface area contributed by atoms with Crippen molar-refractivity contribution in [2.75, 3.05) is 5.73 Å². The van der Waals surface area contributed by atoms with E-state index in [4.69, 9.17) is 11.5 Å². The summed E-state index contributed by atoms with van der Waals surface area (Å²) in [5.41, 5.74) is 15.6. The Balaban J connectivity index is 2.54. The first-order valence-electron chi connectivity index (χ1n) is 4.96. The van der Waals surface area contributed by atoms with Crippen molar-refractivity contribution < 1.29 is 0 Å². The van der Waals surface area contributed by atoms with Gasteiger partial charge in [0.1, 0.15) is 0 Å². The van der Waals surface area contributed by atoms with E-state index in [1.165, 1.54) is 0 Å². The van der Waals surface area contributed by atoms with Crippen molar-refractivity contribution >= 4 is 5.69 Å². The number of nitrogens with two attached hydrogens (primary N) is 2. The minimum atomic E-state index is 0.479. The zero-order valence-electron chi connectivity index (χ0n) is 8.48. The Morgan fingerprint density at radius 1 is 0.867 bits per heavy atom. The molecule has 0 unspecified atom stereocenters. The summed E-state index contributed by atoms with van der Waals surface area (Å²) >= 11 is 0. The van der Waals surface area contributed by atoms with Crippen LogP contribution in [0.1, 0.15) is 5.56 Å². The van der Waals surface area contributed by atoms with Crippen LogP contribution in [0.15, 0.2) is 48.5 Å². The van der Waals surface area contributed by atoms with Crippen molar-refractivity contribution in [2.24, 2.45) is 5.73 Å². The first-order valence-corrected chi connectivity index (χ1v) is 4.96. The molecule has 0 spiro atoms. The molecule has 0 aliphatic rings. The third-order valence-electron chi connectivity index (χ3n) is 2.50. The summed E-state index contributed by atoms with van der Waals surface area (Å²) in [6.45, 7) is 0.479. The molecule has 0 bridgehead atoms. The molecule has 0 aromatic heterocycles. The van der Waals surface area contributed by atoms with E-state index < -0.39 is 0 Å². The van der Waals surface area contributed by atoms with E-state index >= 15 is 0 Å². The van der Waals surface area contributed by atoms with Gasteiger partial charge in [-0.25, -0.2) is 0 Å². The number of anilines is 1. The monoisotopic (exact) mass is 198 g/mol. The van der Waals surface area contributed by atoms with E-state index in [0.29, 0.717) is 6.54 Å². The lowest BCUT2D eigenvalue weighted by Crippen LogP contribution is -2.02. The van der Waals surface area contributed by atoms with Crippen LogP contribution in [0.2, 0.25) is 0 Å². The fourth-order valence-corrected chi connectivity index (χ4v) is 1.66. The molecule has 2 aromatic rings. The number of hydrogen-bond acceptors (Lipinski definition) is 2. The molecule has 15 heavy (non-hydrogen) atoms. The second-order valence-electron chi connectivity index (χ2n) is 3.45. The summed E-state index contributed by atoms with van der Waals surface area (Å²) < 4.78 is 0. The Hall–Kier alpha value is -1.80. The van der Waals surface area contributed by atoms with Gasteiger partial charge in [-0.15, -0.1) is 0 Å². The third-order valence-corrected chi connectivity index (χ3v) is 2.50. The van der Waals surface area contributed by atoms with Crippen molar-refractivity contribution in [1.29, 1.82) is 0 Å². The molecule has 0 fully saturated rings. The van der Waals surface area contributed by atoms with E-state index in [1.807, 2.05) is 48.5 Å². The highest BCUT2D eigenvalue weighted by Gasteiger charge is 2.04. The molecule has 2 nitrogen and oxygen atoms in total. The maximum atomic E-state index is 6.05. The summed E-state index contributed by atoms with van der Waals surface area (Å²) in [5.74, 6) is 0. The number of benzene rings is 2. The zero-order valence-corrected chi connectivity index (χ0v) is 8.48. The normalized spacial score (nSPS) is 10.2. The van der Waals surface area contributed by atoms with Gasteiger partial charge in [-0.3, -0.25) is 0 Å². The largest absolute Gasteiger partial charge is 0.398 e. The van der Waals surface area contributed by atoms with Crippen LogP contribution in [0.5, 0.6) is 0 Å². The zero-order chi connectivity index (χ0) is 10.7. The molecule has 0 saturated heterocycles. The maximum absolute atomic E-state index is 6.05. The number of nitrogen functional groups attached to an aromatic ring is 1. The van der Waals surface area contributed by atoms with E-state index in [1.54, 1.807) is 0 Å². The molecule has 0 saturated carbocycles. The fourth-order valence-electron chi connectivity index (χ4n) is 1.66. The van der Waals surface area contributed by atoms with Gasteiger partial charge < -0.3 is 11.5 Å². The number of rotatable bonds is 2. The quantitative estimate of drug-likeness (QED) is 0.728. The minimum Gasteiger partial charge on any atom is -0.398 e. The van der Waals surface area contributed by atoms with Gasteiger partial charge in [-0.05, 0) is 11.1 Å². The Morgan fingerprint density at radius 3 is 2.27 bits per heavy atom. The summed E-state index contributed by atoms with van der Waals surface area (Å²) in [5, 5.41) is 0. The van der Waals surface area contributed by atoms with Crippen LogP contribution in [-0.4, -0.2) is 0 Å². The van der Waals surface area contributed by atoms with Gasteiger partial charge in [0.05, 0.1) is 0 Å². The van der Waals surface area contributed by atoms with Gasteiger partial charge in [0, 0.05) is 17.8 Å². The molecule has 4 N–H and O–H groups in total. The first kappa shape index (κ1) is 9.74. The van der Waals surface area contributed by atoms with Crippen LogP contribution in [-0.2, 0) is 6.54 Å². The third kappa shape index (κ3) is 1.85. The Labute approximate surface area is 89.5 Å². The molecule has 0 aliphatic carbocycles. The second kappa shape index (κ2) is 4.15. The Kier molecular flexibility index (Phi) is 2.70. The van der Waals surface area contributed by atoms with Crippen LogP contribution < -0.4 is 11.5 Å². The summed E-state index contributed by atoms with van der Waals surface area (Å²) in [6.07, 6.45) is 0. The van der Waals surface area contributed by atoms with Crippen LogP contribution in [0.4, 0.5) is 5.69 Å². The smallest absolute Gasteiger partial charge is 0.0439 e. The first-order chi connectivity index (χ1) is 7.33. The predicted molar refractivity (Wildman–Crippen MR) is 64.2 cm³/mol. The van der Waals surface area contributed by atoms with E-state index in [9.17, 15) is 0 Å². The molecule has 0 atom stereocenters. The average Bonchev–Trinajstić information content (AvgIpc) is 2.30. The Morgan fingerprint density at radius 2 is 1.60 bits per heavy atom. The van der Waals surface area contributed by atoms with Crippen LogP contribution in [0, 0.1) is 0 Å². The highest BCUT2D eigenvalue weighted by Crippen LogP contribution is 2.27. The molecule has 0 amide bonds. The van der Waals surface area contributed by atoms with Gasteiger partial charge in [-0.1, -0.05) is 48.5 Å². The van der Waals surface area contributed by atoms with Gasteiger partial charge >= 0.3 is 0 Å². The topological polar surface area (TPSA) is 52.0 Å². The standard InChI is InChI=1S/C13H14N2/c14-9-11-7-4-8-12(13(11)15)10-5-2-1-3-6-10/h1-8H,9,14-15H2.